The van der Waals surface area contributed by atoms with Crippen LogP contribution in [-0.2, 0) is 10.8 Å². The highest BCUT2D eigenvalue weighted by molar-refractivity contribution is 7.85. The van der Waals surface area contributed by atoms with E-state index in [0.29, 0.717) is 10.6 Å². The highest BCUT2D eigenvalue weighted by Crippen LogP contribution is 2.09. The van der Waals surface area contributed by atoms with Crippen molar-refractivity contribution in [2.45, 2.75) is 6.92 Å². The molecule has 1 atom stereocenters. The van der Waals surface area contributed by atoms with E-state index in [1.165, 1.54) is 11.3 Å². The van der Waals surface area contributed by atoms with Crippen LogP contribution < -0.4 is 0 Å². The van der Waals surface area contributed by atoms with Gasteiger partial charge in [0.15, 0.2) is 5.78 Å². The molecule has 1 rings (SSSR count). The number of rotatable bonds is 4. The van der Waals surface area contributed by atoms with Crippen molar-refractivity contribution >= 4 is 27.9 Å². The molecule has 0 aliphatic carbocycles. The fourth-order valence-electron chi connectivity index (χ4n) is 0.757. The van der Waals surface area contributed by atoms with Gasteiger partial charge in [0.2, 0.25) is 0 Å². The lowest BCUT2D eigenvalue weighted by atomic mass is 10.4. The lowest BCUT2D eigenvalue weighted by Crippen LogP contribution is -2.10. The predicted octanol–water partition coefficient (Wildman–Crippen LogP) is 1.70. The monoisotopic (exact) mass is 202 g/mol. The molecule has 0 saturated carbocycles. The molecule has 12 heavy (non-hydrogen) atoms. The van der Waals surface area contributed by atoms with Gasteiger partial charge >= 0.3 is 0 Å². The Morgan fingerprint density at radius 1 is 1.67 bits per heavy atom. The van der Waals surface area contributed by atoms with E-state index in [1.807, 2.05) is 18.4 Å². The number of carbonyl (C=O) groups is 1. The number of thiophene rings is 1. The third-order valence-electron chi connectivity index (χ3n) is 1.41. The first kappa shape index (κ1) is 9.61. The molecule has 0 radical (unpaired) electrons. The zero-order chi connectivity index (χ0) is 8.97. The molecule has 2 nitrogen and oxygen atoms in total. The molecule has 0 aromatic carbocycles. The second-order valence-corrected chi connectivity index (χ2v) is 4.97. The van der Waals surface area contributed by atoms with Crippen molar-refractivity contribution < 1.29 is 9.00 Å². The summed E-state index contributed by atoms with van der Waals surface area (Å²) in [7, 11) is -0.985. The van der Waals surface area contributed by atoms with Gasteiger partial charge in [-0.1, -0.05) is 13.0 Å². The van der Waals surface area contributed by atoms with E-state index in [1.54, 1.807) is 6.07 Å². The van der Waals surface area contributed by atoms with E-state index in [2.05, 4.69) is 0 Å². The summed E-state index contributed by atoms with van der Waals surface area (Å²) in [5.41, 5.74) is 0. The number of Topliss-reactive ketones (excluding diaryl/α,β-unsaturated/α-hetero) is 1. The average Bonchev–Trinajstić information content (AvgIpc) is 2.56. The summed E-state index contributed by atoms with van der Waals surface area (Å²) in [4.78, 5) is 12.0. The highest BCUT2D eigenvalue weighted by Gasteiger charge is 2.09. The van der Waals surface area contributed by atoms with Crippen molar-refractivity contribution in [1.82, 2.24) is 0 Å². The molecule has 1 aromatic heterocycles. The predicted molar refractivity (Wildman–Crippen MR) is 52.2 cm³/mol. The highest BCUT2D eigenvalue weighted by atomic mass is 32.2. The van der Waals surface area contributed by atoms with Crippen molar-refractivity contribution in [2.75, 3.05) is 11.5 Å². The molecule has 1 aromatic rings. The number of hydrogen-bond donors (Lipinski definition) is 0. The molecule has 0 aliphatic rings. The van der Waals surface area contributed by atoms with Gasteiger partial charge in [0.25, 0.3) is 0 Å². The van der Waals surface area contributed by atoms with E-state index in [0.717, 1.165) is 0 Å². The van der Waals surface area contributed by atoms with Crippen molar-refractivity contribution in [3.05, 3.63) is 22.4 Å². The van der Waals surface area contributed by atoms with E-state index < -0.39 is 10.8 Å². The SMILES string of the molecule is CCS(=O)CC(=O)c1cccs1. The van der Waals surface area contributed by atoms with Crippen LogP contribution in [0.4, 0.5) is 0 Å². The van der Waals surface area contributed by atoms with Gasteiger partial charge in [0, 0.05) is 16.6 Å². The van der Waals surface area contributed by atoms with Crippen LogP contribution in [-0.4, -0.2) is 21.5 Å². The maximum absolute atomic E-state index is 11.3. The van der Waals surface area contributed by atoms with Crippen molar-refractivity contribution in [1.29, 1.82) is 0 Å². The molecule has 66 valence electrons. The molecule has 0 fully saturated rings. The Kier molecular flexibility index (Phi) is 3.62. The van der Waals surface area contributed by atoms with Gasteiger partial charge in [-0.05, 0) is 11.4 Å². The van der Waals surface area contributed by atoms with Crippen molar-refractivity contribution in [3.63, 3.8) is 0 Å². The standard InChI is InChI=1S/C8H10O2S2/c1-2-12(10)6-7(9)8-4-3-5-11-8/h3-5H,2,6H2,1H3. The van der Waals surface area contributed by atoms with Gasteiger partial charge < -0.3 is 0 Å². The molecule has 1 heterocycles. The van der Waals surface area contributed by atoms with Crippen LogP contribution in [0.25, 0.3) is 0 Å². The van der Waals surface area contributed by atoms with Gasteiger partial charge in [-0.3, -0.25) is 9.00 Å². The normalized spacial score (nSPS) is 12.8. The average molecular weight is 202 g/mol. The van der Waals surface area contributed by atoms with Crippen LogP contribution in [0, 0.1) is 0 Å². The van der Waals surface area contributed by atoms with Gasteiger partial charge in [0.05, 0.1) is 10.6 Å². The lowest BCUT2D eigenvalue weighted by molar-refractivity contribution is 0.102. The summed E-state index contributed by atoms with van der Waals surface area (Å²) >= 11 is 1.40. The Balaban J connectivity index is 2.56. The van der Waals surface area contributed by atoms with Crippen LogP contribution >= 0.6 is 11.3 Å². The summed E-state index contributed by atoms with van der Waals surface area (Å²) < 4.78 is 11.0. The molecular weight excluding hydrogens is 192 g/mol. The number of carbonyl (C=O) groups excluding carboxylic acids is 1. The Hall–Kier alpha value is -0.480. The van der Waals surface area contributed by atoms with E-state index in [4.69, 9.17) is 0 Å². The minimum absolute atomic E-state index is 0.00909. The summed E-state index contributed by atoms with van der Waals surface area (Å²) in [5.74, 6) is 0.707. The van der Waals surface area contributed by atoms with Gasteiger partial charge in [0.1, 0.15) is 0 Å². The number of hydrogen-bond acceptors (Lipinski definition) is 3. The Morgan fingerprint density at radius 3 is 2.92 bits per heavy atom. The summed E-state index contributed by atoms with van der Waals surface area (Å²) in [6, 6.07) is 3.59. The Morgan fingerprint density at radius 2 is 2.42 bits per heavy atom. The molecule has 1 unspecified atom stereocenters. The number of ketones is 1. The molecular formula is C8H10O2S2. The first-order chi connectivity index (χ1) is 5.74. The van der Waals surface area contributed by atoms with E-state index in [9.17, 15) is 9.00 Å². The molecule has 0 aliphatic heterocycles. The van der Waals surface area contributed by atoms with Crippen LogP contribution in [0.3, 0.4) is 0 Å². The third kappa shape index (κ3) is 2.53. The minimum Gasteiger partial charge on any atom is -0.292 e. The van der Waals surface area contributed by atoms with E-state index >= 15 is 0 Å². The summed E-state index contributed by atoms with van der Waals surface area (Å²) in [5, 5.41) is 1.85. The molecule has 0 spiro atoms. The second kappa shape index (κ2) is 4.52. The largest absolute Gasteiger partial charge is 0.292 e. The third-order valence-corrected chi connectivity index (χ3v) is 3.55. The molecule has 0 bridgehead atoms. The minimum atomic E-state index is -0.985. The first-order valence-electron chi connectivity index (χ1n) is 3.65. The fourth-order valence-corrected chi connectivity index (χ4v) is 2.16. The van der Waals surface area contributed by atoms with E-state index in [-0.39, 0.29) is 11.5 Å². The zero-order valence-electron chi connectivity index (χ0n) is 6.78. The van der Waals surface area contributed by atoms with Crippen LogP contribution in [0.1, 0.15) is 16.6 Å². The molecule has 0 amide bonds. The smallest absolute Gasteiger partial charge is 0.185 e. The van der Waals surface area contributed by atoms with Crippen LogP contribution in [0.2, 0.25) is 0 Å². The second-order valence-electron chi connectivity index (χ2n) is 2.27. The topological polar surface area (TPSA) is 34.1 Å². The maximum Gasteiger partial charge on any atom is 0.185 e. The Labute approximate surface area is 78.1 Å². The lowest BCUT2D eigenvalue weighted by Gasteiger charge is -1.94. The summed E-state index contributed by atoms with van der Waals surface area (Å²) in [6.07, 6.45) is 0. The summed E-state index contributed by atoms with van der Waals surface area (Å²) in [6.45, 7) is 1.82. The molecule has 0 N–H and O–H groups in total. The van der Waals surface area contributed by atoms with Crippen LogP contribution in [0.15, 0.2) is 17.5 Å². The van der Waals surface area contributed by atoms with Crippen molar-refractivity contribution in [3.8, 4) is 0 Å². The quantitative estimate of drug-likeness (QED) is 0.696. The van der Waals surface area contributed by atoms with Gasteiger partial charge in [-0.15, -0.1) is 11.3 Å². The van der Waals surface area contributed by atoms with Gasteiger partial charge in [-0.25, -0.2) is 0 Å². The van der Waals surface area contributed by atoms with Gasteiger partial charge in [-0.2, -0.15) is 0 Å². The van der Waals surface area contributed by atoms with Crippen molar-refractivity contribution in [2.24, 2.45) is 0 Å². The Bertz CT molecular complexity index is 277. The fraction of sp³-hybridized carbons (Fsp3) is 0.375. The zero-order valence-corrected chi connectivity index (χ0v) is 8.41. The first-order valence-corrected chi connectivity index (χ1v) is 6.02. The molecule has 4 heteroatoms. The molecule has 0 saturated heterocycles. The van der Waals surface area contributed by atoms with Crippen LogP contribution in [0.5, 0.6) is 0 Å². The maximum atomic E-state index is 11.3.